The maximum atomic E-state index is 12.3. The Kier molecular flexibility index (Phi) is 7.60. The fourth-order valence-corrected chi connectivity index (χ4v) is 4.56. The third-order valence-electron chi connectivity index (χ3n) is 4.12. The highest BCUT2D eigenvalue weighted by atomic mass is 32.2. The van der Waals surface area contributed by atoms with Gasteiger partial charge in [0.2, 0.25) is 5.91 Å². The fourth-order valence-electron chi connectivity index (χ4n) is 2.83. The van der Waals surface area contributed by atoms with E-state index in [2.05, 4.69) is 11.2 Å². The zero-order valence-electron chi connectivity index (χ0n) is 12.5. The molecule has 0 bridgehead atoms. The second kappa shape index (κ2) is 9.21. The lowest BCUT2D eigenvalue weighted by atomic mass is 10.1. The number of rotatable bonds is 5. The summed E-state index contributed by atoms with van der Waals surface area (Å²) in [6.07, 6.45) is 9.87. The molecule has 0 aromatic heterocycles. The Bertz CT molecular complexity index is 296. The molecule has 0 N–H and O–H groups in total. The molecule has 0 saturated carbocycles. The van der Waals surface area contributed by atoms with Crippen molar-refractivity contribution in [1.82, 2.24) is 4.90 Å². The van der Waals surface area contributed by atoms with E-state index in [9.17, 15) is 4.79 Å². The molecule has 0 aromatic rings. The third-order valence-corrected chi connectivity index (χ3v) is 6.23. The van der Waals surface area contributed by atoms with E-state index in [4.69, 9.17) is 4.74 Å². The summed E-state index contributed by atoms with van der Waals surface area (Å²) in [6, 6.07) is 0. The standard InChI is InChI=1S/C15H27NO2S2/c1-19-14-7-2-4-8-16(10-14)15(17)12-20-11-13-6-3-5-9-18-13/h13-14H,2-12H2,1H3/t13-,14-/m0/s1. The summed E-state index contributed by atoms with van der Waals surface area (Å²) in [7, 11) is 0. The van der Waals surface area contributed by atoms with E-state index in [-0.39, 0.29) is 0 Å². The average Bonchev–Trinajstić information content (AvgIpc) is 2.74. The van der Waals surface area contributed by atoms with Crippen LogP contribution in [0.4, 0.5) is 0 Å². The maximum Gasteiger partial charge on any atom is 0.232 e. The van der Waals surface area contributed by atoms with Gasteiger partial charge in [-0.15, -0.1) is 11.8 Å². The number of hydrogen-bond acceptors (Lipinski definition) is 4. The molecule has 0 spiro atoms. The molecule has 3 nitrogen and oxygen atoms in total. The van der Waals surface area contributed by atoms with Gasteiger partial charge >= 0.3 is 0 Å². The Labute approximate surface area is 131 Å². The summed E-state index contributed by atoms with van der Waals surface area (Å²) >= 11 is 3.66. The van der Waals surface area contributed by atoms with Crippen LogP contribution in [0.25, 0.3) is 0 Å². The summed E-state index contributed by atoms with van der Waals surface area (Å²) in [5.41, 5.74) is 0. The van der Waals surface area contributed by atoms with E-state index < -0.39 is 0 Å². The number of thioether (sulfide) groups is 2. The molecule has 0 aliphatic carbocycles. The van der Waals surface area contributed by atoms with E-state index in [0.717, 1.165) is 25.4 Å². The topological polar surface area (TPSA) is 29.5 Å². The minimum absolute atomic E-state index is 0.326. The Hall–Kier alpha value is 0.130. The van der Waals surface area contributed by atoms with Crippen molar-refractivity contribution in [3.8, 4) is 0 Å². The van der Waals surface area contributed by atoms with Crippen molar-refractivity contribution in [3.05, 3.63) is 0 Å². The summed E-state index contributed by atoms with van der Waals surface area (Å²) in [5, 5.41) is 0.633. The van der Waals surface area contributed by atoms with Crippen LogP contribution in [0, 0.1) is 0 Å². The molecule has 0 unspecified atom stereocenters. The molecule has 2 rings (SSSR count). The lowest BCUT2D eigenvalue weighted by Gasteiger charge is -2.25. The zero-order chi connectivity index (χ0) is 14.2. The van der Waals surface area contributed by atoms with Crippen LogP contribution in [0.5, 0.6) is 0 Å². The smallest absolute Gasteiger partial charge is 0.232 e. The van der Waals surface area contributed by atoms with Crippen LogP contribution < -0.4 is 0 Å². The van der Waals surface area contributed by atoms with Crippen LogP contribution in [-0.4, -0.2) is 59.6 Å². The molecule has 2 heterocycles. The van der Waals surface area contributed by atoms with Crippen LogP contribution in [0.1, 0.15) is 38.5 Å². The van der Waals surface area contributed by atoms with Gasteiger partial charge in [-0.1, -0.05) is 6.42 Å². The van der Waals surface area contributed by atoms with Gasteiger partial charge in [0.05, 0.1) is 11.9 Å². The minimum Gasteiger partial charge on any atom is -0.377 e. The molecule has 2 atom stereocenters. The zero-order valence-corrected chi connectivity index (χ0v) is 14.1. The van der Waals surface area contributed by atoms with Crippen molar-refractivity contribution in [2.24, 2.45) is 0 Å². The SMILES string of the molecule is CS[C@H]1CCCCN(C(=O)CSC[C@@H]2CCCCO2)C1. The van der Waals surface area contributed by atoms with Gasteiger partial charge in [0.25, 0.3) is 0 Å². The number of likely N-dealkylation sites (tertiary alicyclic amines) is 1. The number of nitrogens with zero attached hydrogens (tertiary/aromatic N) is 1. The van der Waals surface area contributed by atoms with Crippen LogP contribution in [0.15, 0.2) is 0 Å². The number of amides is 1. The molecular formula is C15H27NO2S2. The molecular weight excluding hydrogens is 290 g/mol. The van der Waals surface area contributed by atoms with Crippen molar-refractivity contribution in [2.75, 3.05) is 37.5 Å². The van der Waals surface area contributed by atoms with Crippen LogP contribution in [-0.2, 0) is 9.53 Å². The van der Waals surface area contributed by atoms with Crippen LogP contribution in [0.3, 0.4) is 0 Å². The van der Waals surface area contributed by atoms with E-state index in [1.807, 2.05) is 11.8 Å². The number of carbonyl (C=O) groups is 1. The van der Waals surface area contributed by atoms with Crippen molar-refractivity contribution < 1.29 is 9.53 Å². The molecule has 20 heavy (non-hydrogen) atoms. The Morgan fingerprint density at radius 2 is 2.10 bits per heavy atom. The van der Waals surface area contributed by atoms with Gasteiger partial charge in [-0.05, 0) is 38.4 Å². The van der Waals surface area contributed by atoms with E-state index >= 15 is 0 Å². The number of carbonyl (C=O) groups excluding carboxylic acids is 1. The van der Waals surface area contributed by atoms with Gasteiger partial charge < -0.3 is 9.64 Å². The molecule has 2 aliphatic heterocycles. The predicted octanol–water partition coefficient (Wildman–Crippen LogP) is 3.03. The first-order chi connectivity index (χ1) is 9.79. The number of hydrogen-bond donors (Lipinski definition) is 0. The molecule has 0 aromatic carbocycles. The van der Waals surface area contributed by atoms with Crippen molar-refractivity contribution in [1.29, 1.82) is 0 Å². The van der Waals surface area contributed by atoms with Gasteiger partial charge in [0, 0.05) is 30.7 Å². The Balaban J connectivity index is 1.67. The quantitative estimate of drug-likeness (QED) is 0.779. The average molecular weight is 318 g/mol. The first kappa shape index (κ1) is 16.5. The second-order valence-corrected chi connectivity index (χ2v) is 7.87. The second-order valence-electron chi connectivity index (χ2n) is 5.70. The first-order valence-electron chi connectivity index (χ1n) is 7.79. The molecule has 1 amide bonds. The summed E-state index contributed by atoms with van der Waals surface area (Å²) < 4.78 is 5.71. The third kappa shape index (κ3) is 5.49. The van der Waals surface area contributed by atoms with Crippen molar-refractivity contribution in [3.63, 3.8) is 0 Å². The van der Waals surface area contributed by atoms with Crippen LogP contribution in [0.2, 0.25) is 0 Å². The molecule has 2 saturated heterocycles. The van der Waals surface area contributed by atoms with E-state index in [1.165, 1.54) is 38.5 Å². The Morgan fingerprint density at radius 3 is 2.85 bits per heavy atom. The Morgan fingerprint density at radius 1 is 1.25 bits per heavy atom. The van der Waals surface area contributed by atoms with Gasteiger partial charge in [0.1, 0.15) is 0 Å². The van der Waals surface area contributed by atoms with Gasteiger partial charge in [-0.2, -0.15) is 11.8 Å². The maximum absolute atomic E-state index is 12.3. The van der Waals surface area contributed by atoms with Gasteiger partial charge in [-0.3, -0.25) is 4.79 Å². The molecule has 5 heteroatoms. The fraction of sp³-hybridized carbons (Fsp3) is 0.933. The first-order valence-corrected chi connectivity index (χ1v) is 10.2. The molecule has 2 aliphatic rings. The largest absolute Gasteiger partial charge is 0.377 e. The van der Waals surface area contributed by atoms with Gasteiger partial charge in [-0.25, -0.2) is 0 Å². The van der Waals surface area contributed by atoms with E-state index in [1.54, 1.807) is 11.8 Å². The highest BCUT2D eigenvalue weighted by molar-refractivity contribution is 8.00. The summed E-state index contributed by atoms with van der Waals surface area (Å²) in [5.74, 6) is 1.93. The summed E-state index contributed by atoms with van der Waals surface area (Å²) in [4.78, 5) is 14.4. The molecule has 0 radical (unpaired) electrons. The van der Waals surface area contributed by atoms with Gasteiger partial charge in [0.15, 0.2) is 0 Å². The normalized spacial score (nSPS) is 28.1. The predicted molar refractivity (Wildman–Crippen MR) is 88.7 cm³/mol. The molecule has 116 valence electrons. The van der Waals surface area contributed by atoms with Crippen LogP contribution >= 0.6 is 23.5 Å². The monoisotopic (exact) mass is 317 g/mol. The van der Waals surface area contributed by atoms with E-state index in [0.29, 0.717) is 23.0 Å². The van der Waals surface area contributed by atoms with Crippen molar-refractivity contribution >= 4 is 29.4 Å². The molecule has 2 fully saturated rings. The summed E-state index contributed by atoms with van der Waals surface area (Å²) in [6.45, 7) is 2.80. The lowest BCUT2D eigenvalue weighted by Crippen LogP contribution is -2.37. The number of ether oxygens (including phenoxy) is 1. The highest BCUT2D eigenvalue weighted by Crippen LogP contribution is 2.21. The van der Waals surface area contributed by atoms with Crippen molar-refractivity contribution in [2.45, 2.75) is 49.9 Å². The lowest BCUT2D eigenvalue weighted by molar-refractivity contribution is -0.128. The minimum atomic E-state index is 0.326. The highest BCUT2D eigenvalue weighted by Gasteiger charge is 2.22.